The molecule has 1 aliphatic heterocycles. The maximum absolute atomic E-state index is 6.05. The maximum atomic E-state index is 6.05. The highest BCUT2D eigenvalue weighted by Crippen LogP contribution is 2.14. The second-order valence-corrected chi connectivity index (χ2v) is 7.48. The summed E-state index contributed by atoms with van der Waals surface area (Å²) in [6.45, 7) is 8.68. The molecule has 5 nitrogen and oxygen atoms in total. The van der Waals surface area contributed by atoms with Crippen LogP contribution in [0.3, 0.4) is 0 Å². The lowest BCUT2D eigenvalue weighted by molar-refractivity contribution is -0.0390. The third-order valence-electron chi connectivity index (χ3n) is 4.95. The van der Waals surface area contributed by atoms with E-state index in [4.69, 9.17) is 14.5 Å². The van der Waals surface area contributed by atoms with Gasteiger partial charge in [0.1, 0.15) is 0 Å². The second-order valence-electron chi connectivity index (χ2n) is 7.48. The molecule has 5 heteroatoms. The summed E-state index contributed by atoms with van der Waals surface area (Å²) in [6, 6.07) is 17.0. The van der Waals surface area contributed by atoms with Crippen molar-refractivity contribution in [3.8, 4) is 0 Å². The van der Waals surface area contributed by atoms with Gasteiger partial charge in [-0.3, -0.25) is 0 Å². The van der Waals surface area contributed by atoms with Crippen LogP contribution in [0.4, 0.5) is 0 Å². The summed E-state index contributed by atoms with van der Waals surface area (Å²) >= 11 is 0. The van der Waals surface area contributed by atoms with Gasteiger partial charge in [0.15, 0.2) is 5.96 Å². The second kappa shape index (κ2) is 11.6. The Morgan fingerprint density at radius 3 is 2.59 bits per heavy atom. The molecule has 29 heavy (non-hydrogen) atoms. The first-order chi connectivity index (χ1) is 14.2. The minimum atomic E-state index is 0.319. The van der Waals surface area contributed by atoms with Gasteiger partial charge >= 0.3 is 0 Å². The smallest absolute Gasteiger partial charge is 0.191 e. The Bertz CT molecular complexity index is 785. The topological polar surface area (TPSA) is 54.9 Å². The van der Waals surface area contributed by atoms with Crippen LogP contribution in [0.5, 0.6) is 0 Å². The third-order valence-corrected chi connectivity index (χ3v) is 4.95. The Labute approximate surface area is 174 Å². The number of nitrogens with one attached hydrogen (secondary N) is 2. The van der Waals surface area contributed by atoms with E-state index in [0.717, 1.165) is 45.1 Å². The minimum absolute atomic E-state index is 0.319. The molecule has 0 bridgehead atoms. The van der Waals surface area contributed by atoms with Gasteiger partial charge in [-0.25, -0.2) is 4.99 Å². The molecule has 0 aromatic heterocycles. The molecule has 0 radical (unpaired) electrons. The van der Waals surface area contributed by atoms with Crippen LogP contribution in [-0.2, 0) is 29.2 Å². The fourth-order valence-electron chi connectivity index (χ4n) is 3.39. The standard InChI is InChI=1S/C24H33N3O2/c1-3-25-24(26-16-20-7-4-6-19(2)14-20)27-17-21-8-5-9-22(15-21)18-29-23-10-12-28-13-11-23/h4-9,14-15,23H,3,10-13,16-18H2,1-2H3,(H2,25,26,27). The van der Waals surface area contributed by atoms with Gasteiger partial charge < -0.3 is 20.1 Å². The molecule has 2 N–H and O–H groups in total. The fraction of sp³-hybridized carbons (Fsp3) is 0.458. The Hall–Kier alpha value is -2.37. The third kappa shape index (κ3) is 7.52. The molecule has 1 aliphatic rings. The zero-order chi connectivity index (χ0) is 20.3. The van der Waals surface area contributed by atoms with Crippen molar-refractivity contribution in [2.24, 2.45) is 4.99 Å². The summed E-state index contributed by atoms with van der Waals surface area (Å²) in [6.07, 6.45) is 2.30. The SMILES string of the molecule is CCNC(=NCc1cccc(C)c1)NCc1cccc(COC2CCOCC2)c1. The quantitative estimate of drug-likeness (QED) is 0.525. The lowest BCUT2D eigenvalue weighted by atomic mass is 10.1. The highest BCUT2D eigenvalue weighted by atomic mass is 16.5. The molecule has 0 aliphatic carbocycles. The number of hydrogen-bond acceptors (Lipinski definition) is 3. The molecule has 1 saturated heterocycles. The Kier molecular flexibility index (Phi) is 8.53. The number of aliphatic imine (C=N–C) groups is 1. The summed E-state index contributed by atoms with van der Waals surface area (Å²) in [7, 11) is 0. The van der Waals surface area contributed by atoms with Crippen molar-refractivity contribution < 1.29 is 9.47 Å². The molecule has 1 fully saturated rings. The van der Waals surface area contributed by atoms with E-state index in [1.165, 1.54) is 22.3 Å². The van der Waals surface area contributed by atoms with E-state index >= 15 is 0 Å². The fourth-order valence-corrected chi connectivity index (χ4v) is 3.39. The summed E-state index contributed by atoms with van der Waals surface area (Å²) < 4.78 is 11.4. The van der Waals surface area contributed by atoms with Crippen LogP contribution in [-0.4, -0.2) is 31.8 Å². The number of nitrogens with zero attached hydrogens (tertiary/aromatic N) is 1. The van der Waals surface area contributed by atoms with Gasteiger partial charge in [-0.2, -0.15) is 0 Å². The summed E-state index contributed by atoms with van der Waals surface area (Å²) in [5, 5.41) is 6.76. The number of aryl methyl sites for hydroxylation is 1. The molecule has 2 aromatic carbocycles. The van der Waals surface area contributed by atoms with Gasteiger partial charge in [-0.05, 0) is 43.4 Å². The largest absolute Gasteiger partial charge is 0.381 e. The van der Waals surface area contributed by atoms with Crippen LogP contribution < -0.4 is 10.6 Å². The highest BCUT2D eigenvalue weighted by molar-refractivity contribution is 5.79. The normalized spacial score (nSPS) is 15.3. The molecule has 0 unspecified atom stereocenters. The molecule has 0 atom stereocenters. The Morgan fingerprint density at radius 1 is 1.03 bits per heavy atom. The van der Waals surface area contributed by atoms with Crippen LogP contribution in [0.15, 0.2) is 53.5 Å². The average molecular weight is 396 g/mol. The zero-order valence-electron chi connectivity index (χ0n) is 17.6. The summed E-state index contributed by atoms with van der Waals surface area (Å²) in [5.41, 5.74) is 4.90. The highest BCUT2D eigenvalue weighted by Gasteiger charge is 2.14. The predicted octanol–water partition coefficient (Wildman–Crippen LogP) is 3.95. The number of rotatable bonds is 8. The first kappa shape index (κ1) is 21.3. The van der Waals surface area contributed by atoms with E-state index in [2.05, 4.69) is 73.0 Å². The van der Waals surface area contributed by atoms with Gasteiger partial charge in [-0.1, -0.05) is 54.1 Å². The average Bonchev–Trinajstić information content (AvgIpc) is 2.75. The summed E-state index contributed by atoms with van der Waals surface area (Å²) in [4.78, 5) is 4.72. The molecule has 156 valence electrons. The van der Waals surface area contributed by atoms with Crippen molar-refractivity contribution in [3.05, 3.63) is 70.8 Å². The van der Waals surface area contributed by atoms with Gasteiger partial charge in [0.25, 0.3) is 0 Å². The van der Waals surface area contributed by atoms with Crippen molar-refractivity contribution in [2.75, 3.05) is 19.8 Å². The van der Waals surface area contributed by atoms with Crippen LogP contribution in [0, 0.1) is 6.92 Å². The maximum Gasteiger partial charge on any atom is 0.191 e. The predicted molar refractivity (Wildman–Crippen MR) is 118 cm³/mol. The molecule has 0 spiro atoms. The van der Waals surface area contributed by atoms with Crippen molar-refractivity contribution >= 4 is 5.96 Å². The molecule has 2 aromatic rings. The number of hydrogen-bond donors (Lipinski definition) is 2. The molecule has 1 heterocycles. The molecular formula is C24H33N3O2. The van der Waals surface area contributed by atoms with Crippen LogP contribution in [0.25, 0.3) is 0 Å². The first-order valence-electron chi connectivity index (χ1n) is 10.6. The van der Waals surface area contributed by atoms with E-state index in [1.807, 2.05) is 0 Å². The van der Waals surface area contributed by atoms with Gasteiger partial charge in [0.05, 0.1) is 19.3 Å². The van der Waals surface area contributed by atoms with E-state index < -0.39 is 0 Å². The van der Waals surface area contributed by atoms with Crippen molar-refractivity contribution in [1.82, 2.24) is 10.6 Å². The number of ether oxygens (including phenoxy) is 2. The van der Waals surface area contributed by atoms with Crippen molar-refractivity contribution in [1.29, 1.82) is 0 Å². The number of guanidine groups is 1. The van der Waals surface area contributed by atoms with Crippen LogP contribution in [0.1, 0.15) is 42.0 Å². The Balaban J connectivity index is 1.52. The van der Waals surface area contributed by atoms with E-state index in [-0.39, 0.29) is 0 Å². The van der Waals surface area contributed by atoms with Crippen LogP contribution in [0.2, 0.25) is 0 Å². The monoisotopic (exact) mass is 395 g/mol. The zero-order valence-corrected chi connectivity index (χ0v) is 17.6. The first-order valence-corrected chi connectivity index (χ1v) is 10.6. The molecular weight excluding hydrogens is 362 g/mol. The van der Waals surface area contributed by atoms with E-state index in [0.29, 0.717) is 19.3 Å². The molecule has 0 saturated carbocycles. The van der Waals surface area contributed by atoms with E-state index in [9.17, 15) is 0 Å². The molecule has 0 amide bonds. The van der Waals surface area contributed by atoms with Crippen molar-refractivity contribution in [3.63, 3.8) is 0 Å². The lowest BCUT2D eigenvalue weighted by Crippen LogP contribution is -2.36. The number of benzene rings is 2. The summed E-state index contributed by atoms with van der Waals surface area (Å²) in [5.74, 6) is 0.831. The van der Waals surface area contributed by atoms with E-state index in [1.54, 1.807) is 0 Å². The lowest BCUT2D eigenvalue weighted by Gasteiger charge is -2.22. The minimum Gasteiger partial charge on any atom is -0.381 e. The van der Waals surface area contributed by atoms with Crippen LogP contribution >= 0.6 is 0 Å². The van der Waals surface area contributed by atoms with Gasteiger partial charge in [0, 0.05) is 26.3 Å². The molecule has 3 rings (SSSR count). The van der Waals surface area contributed by atoms with Crippen molar-refractivity contribution in [2.45, 2.75) is 52.5 Å². The van der Waals surface area contributed by atoms with Gasteiger partial charge in [0.2, 0.25) is 0 Å². The van der Waals surface area contributed by atoms with Gasteiger partial charge in [-0.15, -0.1) is 0 Å². The Morgan fingerprint density at radius 2 is 1.79 bits per heavy atom.